The highest BCUT2D eigenvalue weighted by atomic mass is 15.2. The molecule has 2 heterocycles. The van der Waals surface area contributed by atoms with Crippen molar-refractivity contribution in [1.82, 2.24) is 9.80 Å². The van der Waals surface area contributed by atoms with Crippen molar-refractivity contribution in [2.45, 2.75) is 25.3 Å². The van der Waals surface area contributed by atoms with Gasteiger partial charge in [0.05, 0.1) is 0 Å². The summed E-state index contributed by atoms with van der Waals surface area (Å²) in [6.07, 6.45) is 4.02. The first-order valence-electron chi connectivity index (χ1n) is 9.01. The third kappa shape index (κ3) is 4.83. The summed E-state index contributed by atoms with van der Waals surface area (Å²) in [6, 6.07) is 8.36. The van der Waals surface area contributed by atoms with Crippen molar-refractivity contribution in [2.24, 2.45) is 5.73 Å². The van der Waals surface area contributed by atoms with Crippen molar-refractivity contribution in [1.29, 1.82) is 0 Å². The van der Waals surface area contributed by atoms with Gasteiger partial charge in [-0.05, 0) is 69.7 Å². The van der Waals surface area contributed by atoms with Gasteiger partial charge >= 0.3 is 0 Å². The maximum atomic E-state index is 6.36. The van der Waals surface area contributed by atoms with E-state index in [1.165, 1.54) is 51.1 Å². The molecule has 0 amide bonds. The molecule has 5 heteroatoms. The van der Waals surface area contributed by atoms with Gasteiger partial charge in [0.25, 0.3) is 0 Å². The maximum absolute atomic E-state index is 6.36. The number of rotatable bonds is 5. The van der Waals surface area contributed by atoms with E-state index in [1.807, 2.05) is 12.1 Å². The first-order valence-corrected chi connectivity index (χ1v) is 9.01. The molecule has 23 heavy (non-hydrogen) atoms. The van der Waals surface area contributed by atoms with Crippen LogP contribution < -0.4 is 16.4 Å². The van der Waals surface area contributed by atoms with Crippen molar-refractivity contribution >= 4 is 11.4 Å². The van der Waals surface area contributed by atoms with E-state index in [0.717, 1.165) is 31.9 Å². The van der Waals surface area contributed by atoms with Crippen LogP contribution in [0.25, 0.3) is 0 Å². The monoisotopic (exact) mass is 317 g/mol. The Morgan fingerprint density at radius 3 is 2.30 bits per heavy atom. The summed E-state index contributed by atoms with van der Waals surface area (Å²) in [4.78, 5) is 7.53. The van der Waals surface area contributed by atoms with E-state index in [9.17, 15) is 0 Å². The summed E-state index contributed by atoms with van der Waals surface area (Å²) < 4.78 is 0. The highest BCUT2D eigenvalue weighted by Gasteiger charge is 2.20. The zero-order chi connectivity index (χ0) is 16.1. The fourth-order valence-corrected chi connectivity index (χ4v) is 3.76. The van der Waals surface area contributed by atoms with Crippen LogP contribution in [0, 0.1) is 0 Å². The molecule has 0 saturated carbocycles. The second-order valence-corrected chi connectivity index (χ2v) is 7.00. The van der Waals surface area contributed by atoms with Gasteiger partial charge in [0.1, 0.15) is 0 Å². The summed E-state index contributed by atoms with van der Waals surface area (Å²) in [5, 5.41) is 0. The molecule has 1 atom stereocenters. The smallest absolute Gasteiger partial charge is 0.0368 e. The minimum absolute atomic E-state index is 0.210. The number of nitrogens with two attached hydrogens (primary N) is 2. The number of anilines is 2. The number of nitrogens with zero attached hydrogens (tertiary/aromatic N) is 3. The highest BCUT2D eigenvalue weighted by molar-refractivity contribution is 5.53. The Hall–Kier alpha value is -1.30. The predicted molar refractivity (Wildman–Crippen MR) is 97.8 cm³/mol. The SMILES string of the molecule is Nc1ccc(N2CCN(CCCN3CCCC3)CC(N)C2)cc1. The van der Waals surface area contributed by atoms with E-state index >= 15 is 0 Å². The van der Waals surface area contributed by atoms with E-state index < -0.39 is 0 Å². The van der Waals surface area contributed by atoms with Crippen molar-refractivity contribution in [3.8, 4) is 0 Å². The molecule has 0 radical (unpaired) electrons. The van der Waals surface area contributed by atoms with Crippen molar-refractivity contribution in [3.05, 3.63) is 24.3 Å². The van der Waals surface area contributed by atoms with Crippen LogP contribution in [-0.2, 0) is 0 Å². The molecule has 1 aromatic carbocycles. The van der Waals surface area contributed by atoms with Gasteiger partial charge in [-0.1, -0.05) is 0 Å². The summed E-state index contributed by atoms with van der Waals surface area (Å²) in [7, 11) is 0. The first kappa shape index (κ1) is 16.6. The van der Waals surface area contributed by atoms with Gasteiger partial charge in [0.2, 0.25) is 0 Å². The molecule has 1 aromatic rings. The molecule has 2 aliphatic rings. The first-order chi connectivity index (χ1) is 11.2. The second-order valence-electron chi connectivity index (χ2n) is 7.00. The van der Waals surface area contributed by atoms with Crippen LogP contribution in [0.2, 0.25) is 0 Å². The molecule has 3 rings (SSSR count). The van der Waals surface area contributed by atoms with Crippen LogP contribution in [0.3, 0.4) is 0 Å². The molecular formula is C18H31N5. The van der Waals surface area contributed by atoms with Gasteiger partial charge in [0, 0.05) is 43.6 Å². The van der Waals surface area contributed by atoms with Crippen LogP contribution in [0.5, 0.6) is 0 Å². The third-order valence-corrected chi connectivity index (χ3v) is 5.04. The number of benzene rings is 1. The van der Waals surface area contributed by atoms with Crippen LogP contribution in [-0.4, -0.2) is 68.2 Å². The Bertz CT molecular complexity index is 469. The fraction of sp³-hybridized carbons (Fsp3) is 0.667. The van der Waals surface area contributed by atoms with Gasteiger partial charge < -0.3 is 21.3 Å². The fourth-order valence-electron chi connectivity index (χ4n) is 3.76. The van der Waals surface area contributed by atoms with Gasteiger partial charge in [-0.2, -0.15) is 0 Å². The van der Waals surface area contributed by atoms with E-state index in [-0.39, 0.29) is 6.04 Å². The number of hydrogen-bond donors (Lipinski definition) is 2. The lowest BCUT2D eigenvalue weighted by molar-refractivity contribution is 0.250. The van der Waals surface area contributed by atoms with Crippen LogP contribution in [0.15, 0.2) is 24.3 Å². The third-order valence-electron chi connectivity index (χ3n) is 5.04. The average Bonchev–Trinajstić information content (AvgIpc) is 2.98. The quantitative estimate of drug-likeness (QED) is 0.799. The predicted octanol–water partition coefficient (Wildman–Crippen LogP) is 1.20. The van der Waals surface area contributed by atoms with E-state index in [0.29, 0.717) is 0 Å². The zero-order valence-corrected chi connectivity index (χ0v) is 14.2. The topological polar surface area (TPSA) is 61.8 Å². The Labute approximate surface area is 140 Å². The second kappa shape index (κ2) is 7.99. The molecule has 4 N–H and O–H groups in total. The molecule has 0 aliphatic carbocycles. The van der Waals surface area contributed by atoms with Gasteiger partial charge in [-0.15, -0.1) is 0 Å². The minimum atomic E-state index is 0.210. The van der Waals surface area contributed by atoms with Crippen LogP contribution in [0.4, 0.5) is 11.4 Å². The van der Waals surface area contributed by atoms with Gasteiger partial charge in [-0.3, -0.25) is 4.90 Å². The van der Waals surface area contributed by atoms with Gasteiger partial charge in [0.15, 0.2) is 0 Å². The lowest BCUT2D eigenvalue weighted by Crippen LogP contribution is -2.40. The summed E-state index contributed by atoms with van der Waals surface area (Å²) in [5.41, 5.74) is 14.2. The van der Waals surface area contributed by atoms with Crippen molar-refractivity contribution < 1.29 is 0 Å². The molecule has 5 nitrogen and oxygen atoms in total. The summed E-state index contributed by atoms with van der Waals surface area (Å²) >= 11 is 0. The normalized spacial score (nSPS) is 24.0. The van der Waals surface area contributed by atoms with Crippen LogP contribution >= 0.6 is 0 Å². The zero-order valence-electron chi connectivity index (χ0n) is 14.2. The van der Waals surface area contributed by atoms with Crippen molar-refractivity contribution in [3.63, 3.8) is 0 Å². The molecule has 2 saturated heterocycles. The lowest BCUT2D eigenvalue weighted by atomic mass is 10.2. The number of nitrogen functional groups attached to an aromatic ring is 1. The molecular weight excluding hydrogens is 286 g/mol. The van der Waals surface area contributed by atoms with Gasteiger partial charge in [-0.25, -0.2) is 0 Å². The summed E-state index contributed by atoms with van der Waals surface area (Å²) in [5.74, 6) is 0. The Balaban J connectivity index is 1.48. The van der Waals surface area contributed by atoms with E-state index in [4.69, 9.17) is 11.5 Å². The molecule has 2 fully saturated rings. The molecule has 1 unspecified atom stereocenters. The Morgan fingerprint density at radius 1 is 0.870 bits per heavy atom. The molecule has 0 bridgehead atoms. The highest BCUT2D eigenvalue weighted by Crippen LogP contribution is 2.18. The molecule has 0 spiro atoms. The van der Waals surface area contributed by atoms with Crippen molar-refractivity contribution in [2.75, 3.05) is 63.0 Å². The number of likely N-dealkylation sites (tertiary alicyclic amines) is 1. The average molecular weight is 317 g/mol. The standard InChI is InChI=1S/C18H31N5/c19-16-4-6-18(7-5-16)23-13-12-22(14-17(20)15-23)11-3-10-21-8-1-2-9-21/h4-7,17H,1-3,8-15,19-20H2. The van der Waals surface area contributed by atoms with E-state index in [2.05, 4.69) is 26.8 Å². The Kier molecular flexibility index (Phi) is 5.75. The minimum Gasteiger partial charge on any atom is -0.399 e. The number of hydrogen-bond acceptors (Lipinski definition) is 5. The van der Waals surface area contributed by atoms with Crippen LogP contribution in [0.1, 0.15) is 19.3 Å². The summed E-state index contributed by atoms with van der Waals surface area (Å²) in [6.45, 7) is 9.07. The largest absolute Gasteiger partial charge is 0.399 e. The van der Waals surface area contributed by atoms with E-state index in [1.54, 1.807) is 0 Å². The Morgan fingerprint density at radius 2 is 1.57 bits per heavy atom. The molecule has 0 aromatic heterocycles. The lowest BCUT2D eigenvalue weighted by Gasteiger charge is -2.24. The molecule has 128 valence electrons. The maximum Gasteiger partial charge on any atom is 0.0368 e. The molecule has 2 aliphatic heterocycles.